The topological polar surface area (TPSA) is 116 Å². The highest BCUT2D eigenvalue weighted by molar-refractivity contribution is 6.00. The number of anilines is 2. The molecule has 2 rings (SSSR count). The van der Waals surface area contributed by atoms with Crippen molar-refractivity contribution < 1.29 is 9.53 Å². The quantitative estimate of drug-likeness (QED) is 0.660. The molecule has 0 aliphatic carbocycles. The zero-order valence-corrected chi connectivity index (χ0v) is 10.5. The van der Waals surface area contributed by atoms with Crippen molar-refractivity contribution in [1.29, 1.82) is 0 Å². The standard InChI is InChI=1S/C12H12N4O4/c1-20-9-5-3-2-4-7(9)14-12(19)15-8-6-13-11(18)16-10(8)17/h2-6H,1H3,(H2,14,15,19)(H2,13,16,17,18). The Kier molecular flexibility index (Phi) is 3.85. The van der Waals surface area contributed by atoms with E-state index in [0.29, 0.717) is 11.4 Å². The van der Waals surface area contributed by atoms with Crippen molar-refractivity contribution in [3.63, 3.8) is 0 Å². The van der Waals surface area contributed by atoms with Crippen molar-refractivity contribution in [3.05, 3.63) is 51.3 Å². The molecule has 0 saturated heterocycles. The molecule has 0 fully saturated rings. The average molecular weight is 276 g/mol. The number of hydrogen-bond acceptors (Lipinski definition) is 4. The molecule has 1 heterocycles. The van der Waals surface area contributed by atoms with Gasteiger partial charge in [0.1, 0.15) is 11.4 Å². The van der Waals surface area contributed by atoms with Crippen LogP contribution >= 0.6 is 0 Å². The summed E-state index contributed by atoms with van der Waals surface area (Å²) in [5.74, 6) is 0.484. The van der Waals surface area contributed by atoms with Crippen LogP contribution < -0.4 is 26.6 Å². The van der Waals surface area contributed by atoms with Gasteiger partial charge in [-0.15, -0.1) is 0 Å². The zero-order valence-electron chi connectivity index (χ0n) is 10.5. The lowest BCUT2D eigenvalue weighted by Gasteiger charge is -2.10. The van der Waals surface area contributed by atoms with E-state index < -0.39 is 17.3 Å². The largest absolute Gasteiger partial charge is 0.495 e. The van der Waals surface area contributed by atoms with E-state index in [2.05, 4.69) is 15.6 Å². The Labute approximate surface area is 112 Å². The summed E-state index contributed by atoms with van der Waals surface area (Å²) in [7, 11) is 1.48. The molecule has 0 unspecified atom stereocenters. The number of rotatable bonds is 3. The molecule has 0 saturated carbocycles. The van der Waals surface area contributed by atoms with Crippen LogP contribution in [0.15, 0.2) is 40.1 Å². The first-order valence-corrected chi connectivity index (χ1v) is 5.63. The van der Waals surface area contributed by atoms with Gasteiger partial charge in [0.15, 0.2) is 0 Å². The lowest BCUT2D eigenvalue weighted by molar-refractivity contribution is 0.262. The second kappa shape index (κ2) is 5.74. The van der Waals surface area contributed by atoms with Gasteiger partial charge in [0.05, 0.1) is 12.8 Å². The van der Waals surface area contributed by atoms with Crippen molar-refractivity contribution in [3.8, 4) is 5.75 Å². The van der Waals surface area contributed by atoms with Gasteiger partial charge in [0.2, 0.25) is 0 Å². The number of para-hydroxylation sites is 2. The fourth-order valence-electron chi connectivity index (χ4n) is 1.53. The molecule has 4 N–H and O–H groups in total. The van der Waals surface area contributed by atoms with Gasteiger partial charge in [-0.2, -0.15) is 0 Å². The number of ether oxygens (including phenoxy) is 1. The molecule has 2 amide bonds. The number of benzene rings is 1. The SMILES string of the molecule is COc1ccccc1NC(=O)Nc1c[nH]c(=O)[nH]c1=O. The number of aromatic amines is 2. The third-order valence-corrected chi connectivity index (χ3v) is 2.42. The summed E-state index contributed by atoms with van der Waals surface area (Å²) in [5.41, 5.74) is -0.958. The summed E-state index contributed by atoms with van der Waals surface area (Å²) in [6.45, 7) is 0. The van der Waals surface area contributed by atoms with Gasteiger partial charge in [-0.1, -0.05) is 12.1 Å². The van der Waals surface area contributed by atoms with Crippen LogP contribution in [0.5, 0.6) is 5.75 Å². The van der Waals surface area contributed by atoms with Crippen molar-refractivity contribution >= 4 is 17.4 Å². The van der Waals surface area contributed by atoms with E-state index in [1.165, 1.54) is 7.11 Å². The van der Waals surface area contributed by atoms with Gasteiger partial charge >= 0.3 is 11.7 Å². The van der Waals surface area contributed by atoms with E-state index in [1.807, 2.05) is 4.98 Å². The molecule has 20 heavy (non-hydrogen) atoms. The number of nitrogens with one attached hydrogen (secondary N) is 4. The number of aromatic nitrogens is 2. The minimum Gasteiger partial charge on any atom is -0.495 e. The minimum absolute atomic E-state index is 0.0722. The van der Waals surface area contributed by atoms with Crippen molar-refractivity contribution in [2.24, 2.45) is 0 Å². The van der Waals surface area contributed by atoms with Gasteiger partial charge < -0.3 is 20.4 Å². The molecule has 0 spiro atoms. The fraction of sp³-hybridized carbons (Fsp3) is 0.0833. The highest BCUT2D eigenvalue weighted by Gasteiger charge is 2.08. The molecule has 0 atom stereocenters. The molecule has 0 bridgehead atoms. The number of H-pyrrole nitrogens is 2. The highest BCUT2D eigenvalue weighted by atomic mass is 16.5. The molecule has 1 aromatic carbocycles. The average Bonchev–Trinajstić information content (AvgIpc) is 2.42. The van der Waals surface area contributed by atoms with Crippen LogP contribution in [0.2, 0.25) is 0 Å². The first-order chi connectivity index (χ1) is 9.60. The van der Waals surface area contributed by atoms with Crippen LogP contribution in [0, 0.1) is 0 Å². The number of methoxy groups -OCH3 is 1. The first-order valence-electron chi connectivity index (χ1n) is 5.63. The molecule has 8 nitrogen and oxygen atoms in total. The van der Waals surface area contributed by atoms with Gasteiger partial charge in [0.25, 0.3) is 5.56 Å². The van der Waals surface area contributed by atoms with Crippen LogP contribution in [0.25, 0.3) is 0 Å². The summed E-state index contributed by atoms with van der Waals surface area (Å²) in [6, 6.07) is 6.18. The highest BCUT2D eigenvalue weighted by Crippen LogP contribution is 2.22. The molecule has 0 radical (unpaired) electrons. The number of carbonyl (C=O) groups is 1. The number of hydrogen-bond donors (Lipinski definition) is 4. The molecule has 0 aliphatic rings. The third kappa shape index (κ3) is 3.05. The predicted molar refractivity (Wildman–Crippen MR) is 73.3 cm³/mol. The molecular formula is C12H12N4O4. The predicted octanol–water partition coefficient (Wildman–Crippen LogP) is 0.716. The minimum atomic E-state index is -0.691. The molecule has 104 valence electrons. The van der Waals surface area contributed by atoms with E-state index in [0.717, 1.165) is 6.20 Å². The summed E-state index contributed by atoms with van der Waals surface area (Å²) < 4.78 is 5.08. The van der Waals surface area contributed by atoms with E-state index >= 15 is 0 Å². The summed E-state index contributed by atoms with van der Waals surface area (Å²) in [5, 5.41) is 4.85. The Hall–Kier alpha value is -3.03. The normalized spacial score (nSPS) is 9.85. The summed E-state index contributed by atoms with van der Waals surface area (Å²) in [6.07, 6.45) is 1.11. The van der Waals surface area contributed by atoms with E-state index in [9.17, 15) is 14.4 Å². The lowest BCUT2D eigenvalue weighted by atomic mass is 10.3. The van der Waals surface area contributed by atoms with Crippen LogP contribution in [-0.2, 0) is 0 Å². The zero-order chi connectivity index (χ0) is 14.5. The smallest absolute Gasteiger partial charge is 0.325 e. The first kappa shape index (κ1) is 13.4. The summed E-state index contributed by atoms with van der Waals surface area (Å²) in [4.78, 5) is 38.3. The third-order valence-electron chi connectivity index (χ3n) is 2.42. The number of urea groups is 1. The van der Waals surface area contributed by atoms with Gasteiger partial charge in [0, 0.05) is 6.20 Å². The molecule has 0 aliphatic heterocycles. The van der Waals surface area contributed by atoms with E-state index in [-0.39, 0.29) is 5.69 Å². The van der Waals surface area contributed by atoms with E-state index in [4.69, 9.17) is 4.74 Å². The van der Waals surface area contributed by atoms with Crippen LogP contribution in [0.4, 0.5) is 16.2 Å². The number of carbonyl (C=O) groups excluding carboxylic acids is 1. The van der Waals surface area contributed by atoms with Crippen molar-refractivity contribution in [2.45, 2.75) is 0 Å². The monoisotopic (exact) mass is 276 g/mol. The van der Waals surface area contributed by atoms with Gasteiger partial charge in [-0.25, -0.2) is 9.59 Å². The number of amides is 2. The lowest BCUT2D eigenvalue weighted by Crippen LogP contribution is -2.28. The molecule has 2 aromatic rings. The van der Waals surface area contributed by atoms with Crippen LogP contribution in [0.1, 0.15) is 0 Å². The maximum atomic E-state index is 11.8. The Morgan fingerprint density at radius 3 is 2.55 bits per heavy atom. The van der Waals surface area contributed by atoms with Gasteiger partial charge in [-0.3, -0.25) is 9.78 Å². The van der Waals surface area contributed by atoms with Crippen molar-refractivity contribution in [2.75, 3.05) is 17.7 Å². The van der Waals surface area contributed by atoms with Crippen LogP contribution in [0.3, 0.4) is 0 Å². The Balaban J connectivity index is 2.13. The second-order valence-electron chi connectivity index (χ2n) is 3.77. The molecular weight excluding hydrogens is 264 g/mol. The molecule has 1 aromatic heterocycles. The Bertz CT molecular complexity index is 734. The van der Waals surface area contributed by atoms with Crippen LogP contribution in [-0.4, -0.2) is 23.1 Å². The Morgan fingerprint density at radius 1 is 1.15 bits per heavy atom. The summed E-state index contributed by atoms with van der Waals surface area (Å²) >= 11 is 0. The van der Waals surface area contributed by atoms with Crippen molar-refractivity contribution in [1.82, 2.24) is 9.97 Å². The van der Waals surface area contributed by atoms with E-state index in [1.54, 1.807) is 24.3 Å². The van der Waals surface area contributed by atoms with Gasteiger partial charge in [-0.05, 0) is 12.1 Å². The maximum Gasteiger partial charge on any atom is 0.325 e. The Morgan fingerprint density at radius 2 is 1.85 bits per heavy atom. The maximum absolute atomic E-state index is 11.8. The molecule has 8 heteroatoms. The second-order valence-corrected chi connectivity index (χ2v) is 3.77. The fourth-order valence-corrected chi connectivity index (χ4v) is 1.53.